The van der Waals surface area contributed by atoms with Gasteiger partial charge in [0, 0.05) is 24.0 Å². The smallest absolute Gasteiger partial charge is 0.163 e. The molecule has 1 aromatic carbocycles. The lowest BCUT2D eigenvalue weighted by atomic mass is 10.1. The highest BCUT2D eigenvalue weighted by Crippen LogP contribution is 2.29. The number of nitrogens with one attached hydrogen (secondary N) is 1. The summed E-state index contributed by atoms with van der Waals surface area (Å²) >= 11 is 0. The third-order valence-corrected chi connectivity index (χ3v) is 4.29. The molecule has 2 aromatic rings. The lowest BCUT2D eigenvalue weighted by Crippen LogP contribution is -2.15. The number of benzene rings is 1. The Kier molecular flexibility index (Phi) is 4.06. The predicted molar refractivity (Wildman–Crippen MR) is 79.2 cm³/mol. The fourth-order valence-corrected chi connectivity index (χ4v) is 3.17. The van der Waals surface area contributed by atoms with Crippen molar-refractivity contribution in [3.63, 3.8) is 0 Å². The van der Waals surface area contributed by atoms with Gasteiger partial charge in [0.2, 0.25) is 0 Å². The van der Waals surface area contributed by atoms with E-state index in [0.29, 0.717) is 18.2 Å². The quantitative estimate of drug-likeness (QED) is 0.851. The standard InChI is InChI=1S/C17H20F2N2/c1-20-16-8-3-2-5-12-9-21(11-14(12)16)10-13-6-4-7-15(18)17(13)19/h4,6-7,9,11,16,20H,2-3,5,8,10H2,1H3. The Morgan fingerprint density at radius 2 is 2.10 bits per heavy atom. The maximum Gasteiger partial charge on any atom is 0.163 e. The van der Waals surface area contributed by atoms with E-state index < -0.39 is 11.6 Å². The summed E-state index contributed by atoms with van der Waals surface area (Å²) in [4.78, 5) is 0. The number of halogens is 2. The Bertz CT molecular complexity index is 634. The molecule has 112 valence electrons. The second-order valence-corrected chi connectivity index (χ2v) is 5.71. The largest absolute Gasteiger partial charge is 0.349 e. The van der Waals surface area contributed by atoms with Crippen molar-refractivity contribution >= 4 is 0 Å². The Balaban J connectivity index is 1.89. The molecule has 0 fully saturated rings. The van der Waals surface area contributed by atoms with E-state index in [1.165, 1.54) is 24.0 Å². The van der Waals surface area contributed by atoms with E-state index in [4.69, 9.17) is 0 Å². The molecule has 0 saturated heterocycles. The lowest BCUT2D eigenvalue weighted by molar-refractivity contribution is 0.495. The minimum atomic E-state index is -0.783. The van der Waals surface area contributed by atoms with Gasteiger partial charge in [-0.05, 0) is 43.5 Å². The van der Waals surface area contributed by atoms with Gasteiger partial charge in [-0.25, -0.2) is 8.78 Å². The summed E-state index contributed by atoms with van der Waals surface area (Å²) in [6, 6.07) is 4.71. The molecule has 0 saturated carbocycles. The van der Waals surface area contributed by atoms with Crippen LogP contribution in [0.1, 0.15) is 42.0 Å². The zero-order valence-corrected chi connectivity index (χ0v) is 12.2. The fourth-order valence-electron chi connectivity index (χ4n) is 3.17. The maximum absolute atomic E-state index is 13.8. The van der Waals surface area contributed by atoms with E-state index in [2.05, 4.69) is 17.7 Å². The van der Waals surface area contributed by atoms with Crippen LogP contribution in [-0.4, -0.2) is 11.6 Å². The number of rotatable bonds is 3. The Morgan fingerprint density at radius 1 is 1.24 bits per heavy atom. The Labute approximate surface area is 123 Å². The predicted octanol–water partition coefficient (Wildman–Crippen LogP) is 3.80. The second-order valence-electron chi connectivity index (χ2n) is 5.71. The van der Waals surface area contributed by atoms with Gasteiger partial charge in [0.1, 0.15) is 0 Å². The van der Waals surface area contributed by atoms with Crippen LogP contribution in [-0.2, 0) is 13.0 Å². The topological polar surface area (TPSA) is 17.0 Å². The molecule has 1 atom stereocenters. The van der Waals surface area contributed by atoms with Gasteiger partial charge in [-0.3, -0.25) is 0 Å². The van der Waals surface area contributed by atoms with Crippen LogP contribution in [0.3, 0.4) is 0 Å². The molecule has 4 heteroatoms. The Hall–Kier alpha value is -1.68. The number of nitrogens with zero attached hydrogens (tertiary/aromatic N) is 1. The van der Waals surface area contributed by atoms with Crippen LogP contribution in [0.15, 0.2) is 30.6 Å². The zero-order valence-electron chi connectivity index (χ0n) is 12.2. The van der Waals surface area contributed by atoms with Crippen molar-refractivity contribution in [2.45, 2.75) is 38.3 Å². The van der Waals surface area contributed by atoms with Gasteiger partial charge >= 0.3 is 0 Å². The first-order valence-corrected chi connectivity index (χ1v) is 7.47. The molecular formula is C17H20F2N2. The maximum atomic E-state index is 13.8. The van der Waals surface area contributed by atoms with Crippen molar-refractivity contribution in [3.05, 3.63) is 58.9 Å². The number of hydrogen-bond donors (Lipinski definition) is 1. The van der Waals surface area contributed by atoms with Crippen LogP contribution < -0.4 is 5.32 Å². The van der Waals surface area contributed by atoms with Crippen LogP contribution in [0, 0.1) is 11.6 Å². The van der Waals surface area contributed by atoms with Crippen molar-refractivity contribution in [2.75, 3.05) is 7.05 Å². The molecule has 1 unspecified atom stereocenters. The molecule has 21 heavy (non-hydrogen) atoms. The molecule has 2 nitrogen and oxygen atoms in total. The molecule has 1 N–H and O–H groups in total. The summed E-state index contributed by atoms with van der Waals surface area (Å²) in [6.45, 7) is 0.368. The average Bonchev–Trinajstić information content (AvgIpc) is 2.77. The van der Waals surface area contributed by atoms with E-state index in [1.54, 1.807) is 12.1 Å². The third-order valence-electron chi connectivity index (χ3n) is 4.29. The van der Waals surface area contributed by atoms with E-state index in [1.807, 2.05) is 11.6 Å². The summed E-state index contributed by atoms with van der Waals surface area (Å²) in [5.41, 5.74) is 3.01. The monoisotopic (exact) mass is 290 g/mol. The highest BCUT2D eigenvalue weighted by atomic mass is 19.2. The molecule has 0 aliphatic heterocycles. The van der Waals surface area contributed by atoms with Crippen molar-refractivity contribution in [1.29, 1.82) is 0 Å². The number of fused-ring (bicyclic) bond motifs is 1. The van der Waals surface area contributed by atoms with Gasteiger partial charge < -0.3 is 9.88 Å². The summed E-state index contributed by atoms with van der Waals surface area (Å²) in [6.07, 6.45) is 8.75. The summed E-state index contributed by atoms with van der Waals surface area (Å²) in [5.74, 6) is -1.53. The summed E-state index contributed by atoms with van der Waals surface area (Å²) in [5, 5.41) is 3.35. The van der Waals surface area contributed by atoms with Gasteiger partial charge in [-0.15, -0.1) is 0 Å². The van der Waals surface area contributed by atoms with Gasteiger partial charge in [0.25, 0.3) is 0 Å². The van der Waals surface area contributed by atoms with E-state index in [-0.39, 0.29) is 0 Å². The van der Waals surface area contributed by atoms with Crippen molar-refractivity contribution in [3.8, 4) is 0 Å². The van der Waals surface area contributed by atoms with Crippen LogP contribution in [0.2, 0.25) is 0 Å². The fraction of sp³-hybridized carbons (Fsp3) is 0.412. The molecule has 0 amide bonds. The lowest BCUT2D eigenvalue weighted by Gasteiger charge is -2.13. The minimum absolute atomic E-state index is 0.362. The van der Waals surface area contributed by atoms with Crippen LogP contribution in [0.4, 0.5) is 8.78 Å². The molecule has 1 heterocycles. The summed E-state index contributed by atoms with van der Waals surface area (Å²) < 4.78 is 29.0. The first-order valence-electron chi connectivity index (χ1n) is 7.47. The first-order chi connectivity index (χ1) is 10.2. The van der Waals surface area contributed by atoms with Gasteiger partial charge in [0.05, 0.1) is 6.54 Å². The van der Waals surface area contributed by atoms with Crippen molar-refractivity contribution in [1.82, 2.24) is 9.88 Å². The second kappa shape index (κ2) is 5.98. The number of hydrogen-bond acceptors (Lipinski definition) is 1. The normalized spacial score (nSPS) is 18.3. The first kappa shape index (κ1) is 14.3. The van der Waals surface area contributed by atoms with E-state index >= 15 is 0 Å². The van der Waals surface area contributed by atoms with Crippen LogP contribution >= 0.6 is 0 Å². The van der Waals surface area contributed by atoms with Crippen LogP contribution in [0.25, 0.3) is 0 Å². The highest BCUT2D eigenvalue weighted by Gasteiger charge is 2.19. The van der Waals surface area contributed by atoms with E-state index in [0.717, 1.165) is 18.9 Å². The summed E-state index contributed by atoms with van der Waals surface area (Å²) in [7, 11) is 1.98. The highest BCUT2D eigenvalue weighted by molar-refractivity contribution is 5.30. The molecule has 1 aromatic heterocycles. The SMILES string of the molecule is CNC1CCCCc2cn(Cc3cccc(F)c3F)cc21. The van der Waals surface area contributed by atoms with Crippen LogP contribution in [0.5, 0.6) is 0 Å². The minimum Gasteiger partial charge on any atom is -0.349 e. The van der Waals surface area contributed by atoms with Crippen molar-refractivity contribution < 1.29 is 8.78 Å². The zero-order chi connectivity index (χ0) is 14.8. The number of aryl methyl sites for hydroxylation is 1. The molecule has 1 aliphatic carbocycles. The van der Waals surface area contributed by atoms with Gasteiger partial charge in [-0.2, -0.15) is 0 Å². The van der Waals surface area contributed by atoms with Crippen molar-refractivity contribution in [2.24, 2.45) is 0 Å². The van der Waals surface area contributed by atoms with Gasteiger partial charge in [-0.1, -0.05) is 18.6 Å². The van der Waals surface area contributed by atoms with E-state index in [9.17, 15) is 8.78 Å². The molecule has 1 aliphatic rings. The molecular weight excluding hydrogens is 270 g/mol. The Morgan fingerprint density at radius 3 is 2.90 bits per heavy atom. The number of aromatic nitrogens is 1. The molecule has 0 spiro atoms. The molecule has 0 radical (unpaired) electrons. The van der Waals surface area contributed by atoms with Gasteiger partial charge in [0.15, 0.2) is 11.6 Å². The average molecular weight is 290 g/mol. The molecule has 0 bridgehead atoms. The molecule has 3 rings (SSSR count). The third kappa shape index (κ3) is 2.86.